The molecule has 0 aliphatic carbocycles. The lowest BCUT2D eigenvalue weighted by molar-refractivity contribution is 0.0697. The highest BCUT2D eigenvalue weighted by Crippen LogP contribution is 2.14. The number of benzene rings is 2. The molecule has 0 bridgehead atoms. The van der Waals surface area contributed by atoms with E-state index in [2.05, 4.69) is 25.9 Å². The van der Waals surface area contributed by atoms with Crippen molar-refractivity contribution in [2.24, 2.45) is 5.10 Å². The Labute approximate surface area is 135 Å². The van der Waals surface area contributed by atoms with Gasteiger partial charge in [0.1, 0.15) is 0 Å². The van der Waals surface area contributed by atoms with Gasteiger partial charge >= 0.3 is 5.97 Å². The van der Waals surface area contributed by atoms with E-state index in [1.165, 1.54) is 42.6 Å². The average molecular weight is 383 g/mol. The van der Waals surface area contributed by atoms with E-state index < -0.39 is 16.0 Å². The second-order valence-electron chi connectivity index (χ2n) is 4.23. The summed E-state index contributed by atoms with van der Waals surface area (Å²) in [7, 11) is -3.73. The fourth-order valence-electron chi connectivity index (χ4n) is 1.55. The molecule has 114 valence electrons. The lowest BCUT2D eigenvalue weighted by atomic mass is 10.1. The number of carboxylic acid groups (broad SMARTS) is 1. The number of hydrogen-bond acceptors (Lipinski definition) is 4. The highest BCUT2D eigenvalue weighted by Gasteiger charge is 2.11. The highest BCUT2D eigenvalue weighted by molar-refractivity contribution is 9.10. The van der Waals surface area contributed by atoms with E-state index in [1.54, 1.807) is 12.1 Å². The number of nitrogens with zero attached hydrogens (tertiary/aromatic N) is 1. The Morgan fingerprint density at radius 2 is 1.68 bits per heavy atom. The third kappa shape index (κ3) is 4.15. The largest absolute Gasteiger partial charge is 0.478 e. The molecule has 2 aromatic carbocycles. The fraction of sp³-hybridized carbons (Fsp3) is 0. The minimum atomic E-state index is -3.73. The Hall–Kier alpha value is -2.19. The van der Waals surface area contributed by atoms with Crippen molar-refractivity contribution in [1.82, 2.24) is 4.83 Å². The van der Waals surface area contributed by atoms with Crippen LogP contribution in [0.2, 0.25) is 0 Å². The van der Waals surface area contributed by atoms with Crippen LogP contribution in [0.4, 0.5) is 0 Å². The molecule has 0 fully saturated rings. The van der Waals surface area contributed by atoms with Crippen LogP contribution in [0, 0.1) is 0 Å². The number of carboxylic acids is 1. The van der Waals surface area contributed by atoms with Crippen LogP contribution < -0.4 is 4.83 Å². The fourth-order valence-corrected chi connectivity index (χ4v) is 2.60. The molecule has 0 spiro atoms. The van der Waals surface area contributed by atoms with Crippen LogP contribution in [0.1, 0.15) is 15.9 Å². The van der Waals surface area contributed by atoms with Crippen molar-refractivity contribution >= 4 is 38.1 Å². The Kier molecular flexibility index (Phi) is 4.94. The number of nitrogens with one attached hydrogen (secondary N) is 1. The Morgan fingerprint density at radius 3 is 2.23 bits per heavy atom. The van der Waals surface area contributed by atoms with Gasteiger partial charge in [0.25, 0.3) is 10.0 Å². The van der Waals surface area contributed by atoms with Gasteiger partial charge in [0.15, 0.2) is 0 Å². The molecule has 0 amide bonds. The van der Waals surface area contributed by atoms with Crippen molar-refractivity contribution in [1.29, 1.82) is 0 Å². The first kappa shape index (κ1) is 16.2. The van der Waals surface area contributed by atoms with Gasteiger partial charge in [0.2, 0.25) is 0 Å². The summed E-state index contributed by atoms with van der Waals surface area (Å²) < 4.78 is 24.7. The third-order valence-corrected chi connectivity index (χ3v) is 4.44. The predicted octanol–water partition coefficient (Wildman–Crippen LogP) is 2.46. The molecule has 0 saturated heterocycles. The zero-order valence-electron chi connectivity index (χ0n) is 11.1. The van der Waals surface area contributed by atoms with Crippen molar-refractivity contribution in [3.05, 3.63) is 64.1 Å². The van der Waals surface area contributed by atoms with E-state index >= 15 is 0 Å². The molecular formula is C14H11BrN2O4S. The van der Waals surface area contributed by atoms with Gasteiger partial charge in [-0.05, 0) is 42.0 Å². The van der Waals surface area contributed by atoms with Gasteiger partial charge in [-0.15, -0.1) is 0 Å². The maximum atomic E-state index is 12.0. The van der Waals surface area contributed by atoms with Crippen LogP contribution in [0.5, 0.6) is 0 Å². The van der Waals surface area contributed by atoms with Crippen molar-refractivity contribution in [3.63, 3.8) is 0 Å². The van der Waals surface area contributed by atoms with Crippen LogP contribution in [-0.4, -0.2) is 25.7 Å². The zero-order chi connectivity index (χ0) is 16.2. The number of carbonyl (C=O) groups is 1. The van der Waals surface area contributed by atoms with Crippen molar-refractivity contribution < 1.29 is 18.3 Å². The third-order valence-electron chi connectivity index (χ3n) is 2.67. The summed E-state index contributed by atoms with van der Waals surface area (Å²) in [6.07, 6.45) is 1.29. The van der Waals surface area contributed by atoms with Crippen LogP contribution in [-0.2, 0) is 10.0 Å². The number of sulfonamides is 1. The monoisotopic (exact) mass is 382 g/mol. The summed E-state index contributed by atoms with van der Waals surface area (Å²) in [5, 5.41) is 12.4. The van der Waals surface area contributed by atoms with Crippen molar-refractivity contribution in [2.45, 2.75) is 4.90 Å². The van der Waals surface area contributed by atoms with Gasteiger partial charge in [-0.3, -0.25) is 0 Å². The molecule has 0 atom stereocenters. The van der Waals surface area contributed by atoms with Crippen molar-refractivity contribution in [2.75, 3.05) is 0 Å². The highest BCUT2D eigenvalue weighted by atomic mass is 79.9. The van der Waals surface area contributed by atoms with Gasteiger partial charge in [0.05, 0.1) is 16.7 Å². The molecule has 0 aromatic heterocycles. The molecule has 6 nitrogen and oxygen atoms in total. The van der Waals surface area contributed by atoms with Gasteiger partial charge in [-0.25, -0.2) is 9.63 Å². The van der Waals surface area contributed by atoms with E-state index in [9.17, 15) is 13.2 Å². The van der Waals surface area contributed by atoms with E-state index in [0.29, 0.717) is 5.56 Å². The first-order valence-electron chi connectivity index (χ1n) is 6.02. The van der Waals surface area contributed by atoms with Crippen LogP contribution in [0.25, 0.3) is 0 Å². The lowest BCUT2D eigenvalue weighted by Gasteiger charge is -2.03. The van der Waals surface area contributed by atoms with Crippen LogP contribution >= 0.6 is 15.9 Å². The predicted molar refractivity (Wildman–Crippen MR) is 85.5 cm³/mol. The van der Waals surface area contributed by atoms with Gasteiger partial charge in [-0.2, -0.15) is 13.5 Å². The first-order chi connectivity index (χ1) is 10.4. The molecule has 0 saturated carbocycles. The second kappa shape index (κ2) is 6.71. The van der Waals surface area contributed by atoms with E-state index in [4.69, 9.17) is 5.11 Å². The van der Waals surface area contributed by atoms with Gasteiger partial charge in [-0.1, -0.05) is 28.1 Å². The summed E-state index contributed by atoms with van der Waals surface area (Å²) in [6.45, 7) is 0. The molecule has 22 heavy (non-hydrogen) atoms. The number of aromatic carboxylic acids is 1. The number of hydrazone groups is 1. The molecule has 0 heterocycles. The number of rotatable bonds is 5. The maximum absolute atomic E-state index is 12.0. The minimum Gasteiger partial charge on any atom is -0.478 e. The topological polar surface area (TPSA) is 95.8 Å². The summed E-state index contributed by atoms with van der Waals surface area (Å²) in [4.78, 5) is 12.9. The van der Waals surface area contributed by atoms with Crippen LogP contribution in [0.15, 0.2) is 63.0 Å². The normalized spacial score (nSPS) is 11.5. The Balaban J connectivity index is 2.08. The molecule has 0 radical (unpaired) electrons. The molecule has 2 N–H and O–H groups in total. The second-order valence-corrected chi connectivity index (χ2v) is 6.81. The van der Waals surface area contributed by atoms with E-state index in [1.807, 2.05) is 0 Å². The summed E-state index contributed by atoms with van der Waals surface area (Å²) in [5.74, 6) is -1.03. The number of halogens is 1. The molecule has 2 rings (SSSR count). The quantitative estimate of drug-likeness (QED) is 0.613. The van der Waals surface area contributed by atoms with Crippen molar-refractivity contribution in [3.8, 4) is 0 Å². The molecule has 2 aromatic rings. The summed E-state index contributed by atoms with van der Waals surface area (Å²) in [6, 6.07) is 12.0. The van der Waals surface area contributed by atoms with E-state index in [-0.39, 0.29) is 10.5 Å². The summed E-state index contributed by atoms with van der Waals surface area (Å²) in [5.41, 5.74) is 0.719. The minimum absolute atomic E-state index is 0.0917. The Morgan fingerprint density at radius 1 is 1.09 bits per heavy atom. The smallest absolute Gasteiger partial charge is 0.335 e. The van der Waals surface area contributed by atoms with Gasteiger partial charge < -0.3 is 5.11 Å². The standard InChI is InChI=1S/C14H11BrN2O4S/c15-12-5-7-13(8-6-12)22(20,21)17-16-9-10-1-3-11(4-2-10)14(18)19/h1-9,17H,(H,18,19)/b16-9+. The van der Waals surface area contributed by atoms with Gasteiger partial charge in [0, 0.05) is 4.47 Å². The molecule has 8 heteroatoms. The summed E-state index contributed by atoms with van der Waals surface area (Å²) >= 11 is 3.22. The number of hydrogen-bond donors (Lipinski definition) is 2. The molecular weight excluding hydrogens is 372 g/mol. The SMILES string of the molecule is O=C(O)c1ccc(/C=N/NS(=O)(=O)c2ccc(Br)cc2)cc1. The lowest BCUT2D eigenvalue weighted by Crippen LogP contribution is -2.18. The zero-order valence-corrected chi connectivity index (χ0v) is 13.5. The molecule has 0 unspecified atom stereocenters. The molecule has 0 aliphatic rings. The molecule has 0 aliphatic heterocycles. The maximum Gasteiger partial charge on any atom is 0.335 e. The van der Waals surface area contributed by atoms with E-state index in [0.717, 1.165) is 4.47 Å². The Bertz CT molecular complexity index is 800. The average Bonchev–Trinajstić information content (AvgIpc) is 2.48. The van der Waals surface area contributed by atoms with Crippen LogP contribution in [0.3, 0.4) is 0 Å². The first-order valence-corrected chi connectivity index (χ1v) is 8.30.